The number of carbonyl (C=O) groups excluding carboxylic acids is 1. The number of amides is 1. The fourth-order valence-electron chi connectivity index (χ4n) is 2.00. The maximum absolute atomic E-state index is 11.9. The van der Waals surface area contributed by atoms with E-state index in [1.807, 2.05) is 11.8 Å². The van der Waals surface area contributed by atoms with Gasteiger partial charge in [0, 0.05) is 17.5 Å². The first-order chi connectivity index (χ1) is 8.18. The van der Waals surface area contributed by atoms with Crippen molar-refractivity contribution >= 4 is 23.5 Å². The molecule has 6 heteroatoms. The molecule has 1 atom stereocenters. The summed E-state index contributed by atoms with van der Waals surface area (Å²) in [6.07, 6.45) is 3.74. The molecule has 1 saturated heterocycles. The van der Waals surface area contributed by atoms with Crippen molar-refractivity contribution in [1.29, 1.82) is 0 Å². The molecule has 1 unspecified atom stereocenters. The Kier molecular flexibility index (Phi) is 3.93. The third-order valence-electron chi connectivity index (χ3n) is 2.97. The molecule has 0 radical (unpaired) electrons. The first-order valence-corrected chi connectivity index (χ1v) is 6.93. The lowest BCUT2D eigenvalue weighted by atomic mass is 10.2. The zero-order valence-electron chi connectivity index (χ0n) is 9.95. The van der Waals surface area contributed by atoms with Gasteiger partial charge in [-0.3, -0.25) is 9.89 Å². The highest BCUT2D eigenvalue weighted by molar-refractivity contribution is 7.99. The van der Waals surface area contributed by atoms with Gasteiger partial charge in [0.15, 0.2) is 5.82 Å². The Hall–Kier alpha value is -1.17. The number of rotatable bonds is 3. The Bertz CT molecular complexity index is 379. The molecule has 5 nitrogen and oxygen atoms in total. The monoisotopic (exact) mass is 254 g/mol. The lowest BCUT2D eigenvalue weighted by molar-refractivity contribution is 0.0953. The quantitative estimate of drug-likeness (QED) is 0.759. The second kappa shape index (κ2) is 5.44. The van der Waals surface area contributed by atoms with E-state index in [4.69, 9.17) is 5.73 Å². The fraction of sp³-hybridized carbons (Fsp3) is 0.636. The summed E-state index contributed by atoms with van der Waals surface area (Å²) >= 11 is 1.94. The summed E-state index contributed by atoms with van der Waals surface area (Å²) in [5.74, 6) is 1.35. The lowest BCUT2D eigenvalue weighted by Crippen LogP contribution is -2.32. The Morgan fingerprint density at radius 2 is 2.47 bits per heavy atom. The van der Waals surface area contributed by atoms with Gasteiger partial charge < -0.3 is 11.1 Å². The van der Waals surface area contributed by atoms with Crippen molar-refractivity contribution in [2.45, 2.75) is 31.4 Å². The average Bonchev–Trinajstić information content (AvgIpc) is 2.67. The van der Waals surface area contributed by atoms with E-state index in [9.17, 15) is 4.79 Å². The Balaban J connectivity index is 1.89. The van der Waals surface area contributed by atoms with Crippen molar-refractivity contribution in [1.82, 2.24) is 15.5 Å². The van der Waals surface area contributed by atoms with Crippen molar-refractivity contribution in [3.05, 3.63) is 11.3 Å². The molecule has 1 fully saturated rings. The van der Waals surface area contributed by atoms with Crippen molar-refractivity contribution in [3.63, 3.8) is 0 Å². The van der Waals surface area contributed by atoms with Crippen molar-refractivity contribution in [2.75, 3.05) is 18.0 Å². The highest BCUT2D eigenvalue weighted by Crippen LogP contribution is 2.24. The fourth-order valence-corrected chi connectivity index (χ4v) is 3.24. The van der Waals surface area contributed by atoms with Gasteiger partial charge in [-0.25, -0.2) is 0 Å². The number of H-pyrrole nitrogens is 1. The molecule has 0 bridgehead atoms. The minimum atomic E-state index is -0.125. The molecular formula is C11H18N4OS. The number of aromatic amines is 1. The van der Waals surface area contributed by atoms with Crippen LogP contribution in [-0.4, -0.2) is 33.7 Å². The van der Waals surface area contributed by atoms with Crippen LogP contribution in [0.15, 0.2) is 0 Å². The summed E-state index contributed by atoms with van der Waals surface area (Å²) in [7, 11) is 0. The number of nitrogens with zero attached hydrogens (tertiary/aromatic N) is 1. The van der Waals surface area contributed by atoms with Crippen molar-refractivity contribution in [3.8, 4) is 0 Å². The van der Waals surface area contributed by atoms with Crippen molar-refractivity contribution in [2.24, 2.45) is 0 Å². The maximum Gasteiger partial charge on any atom is 0.256 e. The third-order valence-corrected chi connectivity index (χ3v) is 4.36. The number of nitrogen functional groups attached to an aromatic ring is 1. The van der Waals surface area contributed by atoms with Crippen LogP contribution in [-0.2, 0) is 0 Å². The van der Waals surface area contributed by atoms with Gasteiger partial charge in [0.05, 0.1) is 0 Å². The van der Waals surface area contributed by atoms with Crippen LogP contribution < -0.4 is 11.1 Å². The predicted molar refractivity (Wildman–Crippen MR) is 70.2 cm³/mol. The highest BCUT2D eigenvalue weighted by Gasteiger charge is 2.19. The number of anilines is 1. The second-order valence-electron chi connectivity index (χ2n) is 4.31. The Morgan fingerprint density at radius 1 is 1.65 bits per heavy atom. The minimum Gasteiger partial charge on any atom is -0.382 e. The SMILES string of the molecule is Cc1[nH]nc(N)c1C(=O)NCC1CCCCS1. The number of aromatic nitrogens is 2. The van der Waals surface area contributed by atoms with Gasteiger partial charge in [-0.05, 0) is 25.5 Å². The molecule has 1 aliphatic heterocycles. The highest BCUT2D eigenvalue weighted by atomic mass is 32.2. The molecule has 94 valence electrons. The van der Waals surface area contributed by atoms with E-state index in [-0.39, 0.29) is 11.7 Å². The van der Waals surface area contributed by atoms with Gasteiger partial charge in [0.2, 0.25) is 0 Å². The molecule has 0 spiro atoms. The van der Waals surface area contributed by atoms with Gasteiger partial charge >= 0.3 is 0 Å². The average molecular weight is 254 g/mol. The lowest BCUT2D eigenvalue weighted by Gasteiger charge is -2.21. The largest absolute Gasteiger partial charge is 0.382 e. The van der Waals surface area contributed by atoms with E-state index in [1.165, 1.54) is 25.0 Å². The van der Waals surface area contributed by atoms with Gasteiger partial charge in [-0.1, -0.05) is 6.42 Å². The van der Waals surface area contributed by atoms with Crippen LogP contribution >= 0.6 is 11.8 Å². The van der Waals surface area contributed by atoms with Crippen LogP contribution in [0, 0.1) is 6.92 Å². The van der Waals surface area contributed by atoms with Crippen LogP contribution in [0.4, 0.5) is 5.82 Å². The minimum absolute atomic E-state index is 0.125. The molecule has 2 heterocycles. The van der Waals surface area contributed by atoms with E-state index in [1.54, 1.807) is 6.92 Å². The normalized spacial score (nSPS) is 20.2. The molecule has 0 aromatic carbocycles. The number of nitrogens with one attached hydrogen (secondary N) is 2. The number of nitrogens with two attached hydrogens (primary N) is 1. The number of hydrogen-bond donors (Lipinski definition) is 3. The topological polar surface area (TPSA) is 83.8 Å². The Morgan fingerprint density at radius 3 is 3.06 bits per heavy atom. The summed E-state index contributed by atoms with van der Waals surface area (Å²) in [4.78, 5) is 11.9. The third kappa shape index (κ3) is 2.94. The number of carbonyl (C=O) groups is 1. The zero-order chi connectivity index (χ0) is 12.3. The zero-order valence-corrected chi connectivity index (χ0v) is 10.8. The van der Waals surface area contributed by atoms with Crippen LogP contribution in [0.3, 0.4) is 0 Å². The Labute approximate surface area is 105 Å². The number of thioether (sulfide) groups is 1. The summed E-state index contributed by atoms with van der Waals surface area (Å²) in [6, 6.07) is 0. The van der Waals surface area contributed by atoms with Crippen LogP contribution in [0.5, 0.6) is 0 Å². The molecule has 1 aromatic heterocycles. The van der Waals surface area contributed by atoms with Crippen LogP contribution in [0.25, 0.3) is 0 Å². The first-order valence-electron chi connectivity index (χ1n) is 5.88. The standard InChI is InChI=1S/C11H18N4OS/c1-7-9(10(12)15-14-7)11(16)13-6-8-4-2-3-5-17-8/h8H,2-6H2,1H3,(H,13,16)(H3,12,14,15). The number of aryl methyl sites for hydroxylation is 1. The van der Waals surface area contributed by atoms with Gasteiger partial charge in [-0.2, -0.15) is 16.9 Å². The van der Waals surface area contributed by atoms with E-state index >= 15 is 0 Å². The van der Waals surface area contributed by atoms with E-state index in [0.29, 0.717) is 17.4 Å². The summed E-state index contributed by atoms with van der Waals surface area (Å²) < 4.78 is 0. The van der Waals surface area contributed by atoms with Crippen molar-refractivity contribution < 1.29 is 4.79 Å². The van der Waals surface area contributed by atoms with Crippen LogP contribution in [0.2, 0.25) is 0 Å². The predicted octanol–water partition coefficient (Wildman–Crippen LogP) is 1.32. The molecular weight excluding hydrogens is 236 g/mol. The second-order valence-corrected chi connectivity index (χ2v) is 5.72. The smallest absolute Gasteiger partial charge is 0.256 e. The van der Waals surface area contributed by atoms with Gasteiger partial charge in [-0.15, -0.1) is 0 Å². The molecule has 0 aliphatic carbocycles. The summed E-state index contributed by atoms with van der Waals surface area (Å²) in [6.45, 7) is 2.52. The van der Waals surface area contributed by atoms with E-state index in [2.05, 4.69) is 15.5 Å². The van der Waals surface area contributed by atoms with E-state index in [0.717, 1.165) is 5.69 Å². The summed E-state index contributed by atoms with van der Waals surface area (Å²) in [5, 5.41) is 10.0. The van der Waals surface area contributed by atoms with E-state index < -0.39 is 0 Å². The molecule has 0 saturated carbocycles. The first kappa shape index (κ1) is 12.3. The van der Waals surface area contributed by atoms with Gasteiger partial charge in [0.25, 0.3) is 5.91 Å². The molecule has 1 amide bonds. The summed E-state index contributed by atoms with van der Waals surface area (Å²) in [5.41, 5.74) is 6.84. The molecule has 2 rings (SSSR count). The van der Waals surface area contributed by atoms with Gasteiger partial charge in [0.1, 0.15) is 5.56 Å². The van der Waals surface area contributed by atoms with Crippen LogP contribution in [0.1, 0.15) is 35.3 Å². The molecule has 1 aliphatic rings. The molecule has 4 N–H and O–H groups in total. The number of hydrogen-bond acceptors (Lipinski definition) is 4. The molecule has 1 aromatic rings. The maximum atomic E-state index is 11.9. The molecule has 17 heavy (non-hydrogen) atoms.